The maximum Gasteiger partial charge on any atom is 0.200 e. The van der Waals surface area contributed by atoms with Crippen LogP contribution < -0.4 is 0 Å². The van der Waals surface area contributed by atoms with Crippen molar-refractivity contribution in [1.29, 1.82) is 0 Å². The molecule has 0 unspecified atom stereocenters. The monoisotopic (exact) mass is 309 g/mol. The number of nitrogens with zero attached hydrogens (tertiary/aromatic N) is 3. The first-order chi connectivity index (χ1) is 10.1. The highest BCUT2D eigenvalue weighted by Crippen LogP contribution is 2.28. The molecule has 1 saturated heterocycles. The number of hydrogen-bond acceptors (Lipinski definition) is 6. The van der Waals surface area contributed by atoms with Gasteiger partial charge in [0.1, 0.15) is 0 Å². The zero-order chi connectivity index (χ0) is 14.9. The minimum absolute atomic E-state index is 0.0825. The van der Waals surface area contributed by atoms with E-state index in [-0.39, 0.29) is 6.10 Å². The Morgan fingerprint density at radius 1 is 1.43 bits per heavy atom. The van der Waals surface area contributed by atoms with E-state index in [0.717, 1.165) is 29.0 Å². The lowest BCUT2D eigenvalue weighted by atomic mass is 10.4. The summed E-state index contributed by atoms with van der Waals surface area (Å²) in [6.07, 6.45) is 1.72. The molecule has 3 heterocycles. The van der Waals surface area contributed by atoms with Crippen LogP contribution in [0.2, 0.25) is 0 Å². The van der Waals surface area contributed by atoms with E-state index in [1.54, 1.807) is 18.0 Å². The molecule has 0 aromatic carbocycles. The van der Waals surface area contributed by atoms with Crippen molar-refractivity contribution in [1.82, 2.24) is 14.8 Å². The summed E-state index contributed by atoms with van der Waals surface area (Å²) in [5, 5.41) is 9.36. The average molecular weight is 309 g/mol. The molecule has 3 rings (SSSR count). The molecule has 7 heteroatoms. The highest BCUT2D eigenvalue weighted by atomic mass is 32.2. The lowest BCUT2D eigenvalue weighted by Gasteiger charge is -2.16. The minimum Gasteiger partial charge on any atom is -0.461 e. The first kappa shape index (κ1) is 14.6. The Hall–Kier alpha value is -1.31. The summed E-state index contributed by atoms with van der Waals surface area (Å²) in [5.74, 6) is 1.80. The lowest BCUT2D eigenvalue weighted by molar-refractivity contribution is -0.135. The summed E-state index contributed by atoms with van der Waals surface area (Å²) in [4.78, 5) is 0. The molecular formula is C14H19N3O3S. The maximum atomic E-state index is 5.80. The van der Waals surface area contributed by atoms with Gasteiger partial charge in [-0.3, -0.25) is 4.57 Å². The van der Waals surface area contributed by atoms with Crippen molar-refractivity contribution >= 4 is 11.8 Å². The van der Waals surface area contributed by atoms with Crippen molar-refractivity contribution in [2.75, 3.05) is 12.4 Å². The van der Waals surface area contributed by atoms with Crippen molar-refractivity contribution in [3.63, 3.8) is 0 Å². The Balaban J connectivity index is 1.69. The predicted molar refractivity (Wildman–Crippen MR) is 79.0 cm³/mol. The molecule has 1 atom stereocenters. The van der Waals surface area contributed by atoms with E-state index in [0.29, 0.717) is 6.61 Å². The topological polar surface area (TPSA) is 62.3 Å². The van der Waals surface area contributed by atoms with Gasteiger partial charge in [-0.2, -0.15) is 0 Å². The number of thioether (sulfide) groups is 1. The van der Waals surface area contributed by atoms with E-state index >= 15 is 0 Å². The fourth-order valence-electron chi connectivity index (χ4n) is 2.28. The second-order valence-electron chi connectivity index (χ2n) is 5.29. The van der Waals surface area contributed by atoms with Crippen LogP contribution in [0, 0.1) is 0 Å². The van der Waals surface area contributed by atoms with Crippen LogP contribution in [0.4, 0.5) is 0 Å². The quantitative estimate of drug-likeness (QED) is 0.791. The maximum absolute atomic E-state index is 5.80. The van der Waals surface area contributed by atoms with Crippen LogP contribution >= 0.6 is 11.8 Å². The third kappa shape index (κ3) is 3.14. The van der Waals surface area contributed by atoms with Crippen LogP contribution in [0.5, 0.6) is 0 Å². The highest BCUT2D eigenvalue weighted by molar-refractivity contribution is 7.99. The molecule has 1 aliphatic rings. The van der Waals surface area contributed by atoms with Gasteiger partial charge in [0.15, 0.2) is 22.5 Å². The van der Waals surface area contributed by atoms with Gasteiger partial charge in [0.25, 0.3) is 0 Å². The molecule has 1 fully saturated rings. The number of aromatic nitrogens is 3. The van der Waals surface area contributed by atoms with Gasteiger partial charge in [0, 0.05) is 12.3 Å². The normalized spacial score (nSPS) is 21.0. The molecule has 6 nitrogen and oxygen atoms in total. The van der Waals surface area contributed by atoms with Crippen LogP contribution in [0.3, 0.4) is 0 Å². The second-order valence-corrected chi connectivity index (χ2v) is 6.28. The van der Waals surface area contributed by atoms with Crippen molar-refractivity contribution in [2.24, 2.45) is 0 Å². The van der Waals surface area contributed by atoms with Crippen LogP contribution in [0.25, 0.3) is 11.6 Å². The summed E-state index contributed by atoms with van der Waals surface area (Å²) in [5.41, 5.74) is 0. The van der Waals surface area contributed by atoms with E-state index in [2.05, 4.69) is 17.1 Å². The molecule has 114 valence electrons. The molecule has 2 aromatic rings. The molecule has 0 aliphatic carbocycles. The smallest absolute Gasteiger partial charge is 0.200 e. The van der Waals surface area contributed by atoms with Gasteiger partial charge in [-0.05, 0) is 32.9 Å². The largest absolute Gasteiger partial charge is 0.461 e. The van der Waals surface area contributed by atoms with Gasteiger partial charge >= 0.3 is 0 Å². The van der Waals surface area contributed by atoms with Gasteiger partial charge in [-0.15, -0.1) is 10.2 Å². The molecule has 2 aromatic heterocycles. The van der Waals surface area contributed by atoms with Gasteiger partial charge in [0.05, 0.1) is 19.0 Å². The SMILES string of the molecule is CCn1c(SC[C@@H]2COC(C)(C)O2)nnc1-c1ccco1. The van der Waals surface area contributed by atoms with Crippen LogP contribution in [-0.4, -0.2) is 39.0 Å². The van der Waals surface area contributed by atoms with E-state index < -0.39 is 5.79 Å². The average Bonchev–Trinajstić information content (AvgIpc) is 3.14. The number of ether oxygens (including phenoxy) is 2. The second kappa shape index (κ2) is 5.82. The van der Waals surface area contributed by atoms with Gasteiger partial charge in [-0.25, -0.2) is 0 Å². The molecule has 0 amide bonds. The van der Waals surface area contributed by atoms with E-state index in [1.807, 2.05) is 30.5 Å². The summed E-state index contributed by atoms with van der Waals surface area (Å²) >= 11 is 1.63. The summed E-state index contributed by atoms with van der Waals surface area (Å²) in [7, 11) is 0. The van der Waals surface area contributed by atoms with E-state index in [1.165, 1.54) is 0 Å². The third-order valence-electron chi connectivity index (χ3n) is 3.24. The molecule has 0 N–H and O–H groups in total. The molecule has 0 radical (unpaired) electrons. The minimum atomic E-state index is -0.483. The van der Waals surface area contributed by atoms with Gasteiger partial charge in [0.2, 0.25) is 0 Å². The van der Waals surface area contributed by atoms with Crippen LogP contribution in [0.1, 0.15) is 20.8 Å². The number of rotatable bonds is 5. The zero-order valence-electron chi connectivity index (χ0n) is 12.4. The number of hydrogen-bond donors (Lipinski definition) is 0. The van der Waals surface area contributed by atoms with Crippen molar-refractivity contribution < 1.29 is 13.9 Å². The van der Waals surface area contributed by atoms with Crippen molar-refractivity contribution in [3.05, 3.63) is 18.4 Å². The Kier molecular flexibility index (Phi) is 4.05. The first-order valence-electron chi connectivity index (χ1n) is 7.00. The molecule has 0 saturated carbocycles. The molecule has 1 aliphatic heterocycles. The van der Waals surface area contributed by atoms with E-state index in [4.69, 9.17) is 13.9 Å². The van der Waals surface area contributed by atoms with E-state index in [9.17, 15) is 0 Å². The predicted octanol–water partition coefficient (Wildman–Crippen LogP) is 2.80. The molecule has 0 bridgehead atoms. The number of furan rings is 1. The summed E-state index contributed by atoms with van der Waals surface area (Å²) < 4.78 is 18.8. The lowest BCUT2D eigenvalue weighted by Crippen LogP contribution is -2.22. The van der Waals surface area contributed by atoms with Gasteiger partial charge < -0.3 is 13.9 Å². The Bertz CT molecular complexity index is 595. The Morgan fingerprint density at radius 2 is 2.29 bits per heavy atom. The van der Waals surface area contributed by atoms with Crippen LogP contribution in [0.15, 0.2) is 28.0 Å². The highest BCUT2D eigenvalue weighted by Gasteiger charge is 2.32. The summed E-state index contributed by atoms with van der Waals surface area (Å²) in [6, 6.07) is 3.74. The molecule has 21 heavy (non-hydrogen) atoms. The third-order valence-corrected chi connectivity index (χ3v) is 4.34. The zero-order valence-corrected chi connectivity index (χ0v) is 13.2. The molecular weight excluding hydrogens is 290 g/mol. The van der Waals surface area contributed by atoms with Crippen molar-refractivity contribution in [2.45, 2.75) is 44.4 Å². The Morgan fingerprint density at radius 3 is 2.90 bits per heavy atom. The van der Waals surface area contributed by atoms with Crippen LogP contribution in [-0.2, 0) is 16.0 Å². The molecule has 0 spiro atoms. The summed E-state index contributed by atoms with van der Waals surface area (Å²) in [6.45, 7) is 7.34. The Labute approximate surface area is 127 Å². The van der Waals surface area contributed by atoms with Crippen molar-refractivity contribution in [3.8, 4) is 11.6 Å². The standard InChI is InChI=1S/C14H19N3O3S/c1-4-17-12(11-6-5-7-18-11)15-16-13(17)21-9-10-8-19-14(2,3)20-10/h5-7,10H,4,8-9H2,1-3H3/t10-/m0/s1. The first-order valence-corrected chi connectivity index (χ1v) is 7.99. The fourth-order valence-corrected chi connectivity index (χ4v) is 3.25. The van der Waals surface area contributed by atoms with Gasteiger partial charge in [-0.1, -0.05) is 11.8 Å². The fraction of sp³-hybridized carbons (Fsp3) is 0.571.